The van der Waals surface area contributed by atoms with E-state index in [4.69, 9.17) is 17.2 Å². The van der Waals surface area contributed by atoms with Crippen molar-refractivity contribution in [1.29, 1.82) is 0 Å². The number of aliphatic carboxylic acids is 1. The second kappa shape index (κ2) is 34.6. The first kappa shape index (κ1) is 70.1. The van der Waals surface area contributed by atoms with Crippen LogP contribution in [0.25, 0.3) is 0 Å². The van der Waals surface area contributed by atoms with Gasteiger partial charge in [0.1, 0.15) is 60.4 Å². The van der Waals surface area contributed by atoms with Gasteiger partial charge in [-0.25, -0.2) is 4.79 Å². The van der Waals surface area contributed by atoms with Crippen LogP contribution in [-0.2, 0) is 52.7 Å². The third-order valence-corrected chi connectivity index (χ3v) is 16.6. The maximum absolute atomic E-state index is 14.5. The molecule has 29 nitrogen and oxygen atoms in total. The van der Waals surface area contributed by atoms with E-state index in [0.717, 1.165) is 6.42 Å². The molecule has 4 aliphatic heterocycles. The van der Waals surface area contributed by atoms with E-state index < -0.39 is 144 Å². The molecule has 10 amide bonds. The fourth-order valence-corrected chi connectivity index (χ4v) is 11.1. The molecule has 0 spiro atoms. The topological polar surface area (TPSA) is 445 Å². The minimum atomic E-state index is -1.75. The zero-order valence-corrected chi connectivity index (χ0v) is 50.0. The lowest BCUT2D eigenvalue weighted by Crippen LogP contribution is -2.62. The number of aliphatic imine (C=N–C) groups is 1. The highest BCUT2D eigenvalue weighted by molar-refractivity contribution is 7.80. The molecule has 4 saturated heterocycles. The van der Waals surface area contributed by atoms with Gasteiger partial charge >= 0.3 is 5.97 Å². The van der Waals surface area contributed by atoms with Gasteiger partial charge in [-0.2, -0.15) is 12.6 Å². The number of carbonyl (C=O) groups is 11. The number of nitrogens with zero attached hydrogens (tertiary/aromatic N) is 4. The lowest BCUT2D eigenvalue weighted by Gasteiger charge is -2.35. The molecule has 30 heteroatoms. The molecule has 84 heavy (non-hydrogen) atoms. The maximum Gasteiger partial charge on any atom is 0.326 e. The largest absolute Gasteiger partial charge is 0.480 e. The van der Waals surface area contributed by atoms with Gasteiger partial charge in [0.05, 0.1) is 18.8 Å². The van der Waals surface area contributed by atoms with Gasteiger partial charge in [0.2, 0.25) is 59.1 Å². The Morgan fingerprint density at radius 1 is 0.595 bits per heavy atom. The number of thiol groups is 1. The highest BCUT2D eigenvalue weighted by atomic mass is 32.1. The monoisotopic (exact) mass is 1210 g/mol. The molecule has 4 heterocycles. The molecule has 0 saturated carbocycles. The van der Waals surface area contributed by atoms with E-state index in [2.05, 4.69) is 60.2 Å². The molecule has 0 aromatic heterocycles. The summed E-state index contributed by atoms with van der Waals surface area (Å²) in [5, 5.41) is 52.2. The standard InChI is InChI=1S/C54H93N15O14S/c1-6-29(3)40(52(81)69-26-14-20-39(69)51(80)68-25-13-19-38(68)48(77)65-41(53(82)83)30(4)7-2)64-45(74)35(27-70)62-43(72)32(15-8-9-21-55)61-49(78)42(31(5)71)66-46(75)36(28-84)63-44(73)33(16-10-23-59-54(56)57)60-47(76)37-18-12-24-67(37)50(79)34-17-11-22-58-34/h29-42,58,70-71,84H,6-28,55H2,1-5H3,(H,60,76)(H,61,78)(H,62,72)(H,63,73)(H,64,74)(H,65,77)(H,66,75)(H,82,83)(H4,56,57,59)/t29-,30-,31+,32-,33-,34-,35-,36-,37-,38-,39-,40-,41-,42-/m0/s1. The first-order chi connectivity index (χ1) is 39.9. The van der Waals surface area contributed by atoms with Crippen molar-refractivity contribution in [3.8, 4) is 0 Å². The van der Waals surface area contributed by atoms with Gasteiger partial charge < -0.3 is 89.8 Å². The van der Waals surface area contributed by atoms with Gasteiger partial charge in [0.25, 0.3) is 0 Å². The van der Waals surface area contributed by atoms with Crippen LogP contribution in [0.4, 0.5) is 0 Å². The average Bonchev–Trinajstić information content (AvgIpc) is 4.54. The molecule has 0 aromatic carbocycles. The second-order valence-electron chi connectivity index (χ2n) is 22.4. The predicted molar refractivity (Wildman–Crippen MR) is 311 cm³/mol. The number of guanidine groups is 1. The number of unbranched alkanes of at least 4 members (excludes halogenated alkanes) is 1. The summed E-state index contributed by atoms with van der Waals surface area (Å²) < 4.78 is 0. The van der Waals surface area contributed by atoms with E-state index in [1.54, 1.807) is 27.7 Å². The Bertz CT molecular complexity index is 2330. The quantitative estimate of drug-likeness (QED) is 0.0128. The number of hydrogen-bond acceptors (Lipinski definition) is 17. The number of carbonyl (C=O) groups excluding carboxylic acids is 10. The van der Waals surface area contributed by atoms with Crippen molar-refractivity contribution in [2.24, 2.45) is 34.0 Å². The fraction of sp³-hybridized carbons (Fsp3) is 0.778. The Kier molecular flexibility index (Phi) is 28.8. The molecule has 0 bridgehead atoms. The number of nitrogens with two attached hydrogens (primary N) is 3. The molecule has 4 fully saturated rings. The SMILES string of the molecule is CC[C@H](C)[C@H](NC(=O)[C@@H]1CCCN1C(=O)[C@@H]1CCCN1C(=O)[C@@H](NC(=O)[C@H](CO)NC(=O)[C@H](CCCCN)NC(=O)[C@@H](NC(=O)[C@H](CS)NC(=O)[C@H](CCCN=C(N)N)NC(=O)[C@@H]1CCCN1C(=O)[C@@H]1CCCN1)[C@@H](C)O)[C@@H](C)CC)C(=O)O. The molecule has 4 aliphatic rings. The lowest BCUT2D eigenvalue weighted by molar-refractivity contribution is -0.149. The van der Waals surface area contributed by atoms with Crippen LogP contribution in [0.1, 0.15) is 131 Å². The van der Waals surface area contributed by atoms with Crippen LogP contribution in [0.2, 0.25) is 0 Å². The molecule has 0 unspecified atom stereocenters. The van der Waals surface area contributed by atoms with Crippen molar-refractivity contribution in [2.45, 2.75) is 203 Å². The smallest absolute Gasteiger partial charge is 0.326 e. The minimum absolute atomic E-state index is 0.00558. The van der Waals surface area contributed by atoms with E-state index in [1.165, 1.54) is 21.6 Å². The molecular weight excluding hydrogens is 1110 g/mol. The summed E-state index contributed by atoms with van der Waals surface area (Å²) in [6.07, 6.45) is 3.90. The van der Waals surface area contributed by atoms with E-state index in [1.807, 2.05) is 0 Å². The second-order valence-corrected chi connectivity index (χ2v) is 22.7. The van der Waals surface area contributed by atoms with E-state index in [-0.39, 0.29) is 81.8 Å². The van der Waals surface area contributed by atoms with Crippen molar-refractivity contribution in [3.63, 3.8) is 0 Å². The molecule has 0 radical (unpaired) electrons. The molecule has 474 valence electrons. The van der Waals surface area contributed by atoms with Gasteiger partial charge in [0.15, 0.2) is 5.96 Å². The number of aliphatic hydroxyl groups excluding tert-OH is 2. The van der Waals surface area contributed by atoms with Crippen molar-refractivity contribution < 1.29 is 68.1 Å². The van der Waals surface area contributed by atoms with Gasteiger partial charge in [-0.15, -0.1) is 0 Å². The number of hydrogen-bond donors (Lipinski definition) is 15. The van der Waals surface area contributed by atoms with Crippen LogP contribution < -0.4 is 59.7 Å². The van der Waals surface area contributed by atoms with Gasteiger partial charge in [-0.3, -0.25) is 52.9 Å². The lowest BCUT2D eigenvalue weighted by atomic mass is 9.96. The number of nitrogens with one attached hydrogen (secondary N) is 8. The van der Waals surface area contributed by atoms with Crippen LogP contribution in [-0.4, -0.2) is 225 Å². The Morgan fingerprint density at radius 3 is 1.63 bits per heavy atom. The Morgan fingerprint density at radius 2 is 1.10 bits per heavy atom. The van der Waals surface area contributed by atoms with Gasteiger partial charge in [-0.1, -0.05) is 40.5 Å². The van der Waals surface area contributed by atoms with Crippen LogP contribution in [0.15, 0.2) is 4.99 Å². The summed E-state index contributed by atoms with van der Waals surface area (Å²) in [6, 6.07) is -13.2. The summed E-state index contributed by atoms with van der Waals surface area (Å²) >= 11 is 4.27. The van der Waals surface area contributed by atoms with Crippen LogP contribution in [0.3, 0.4) is 0 Å². The molecular formula is C54H93N15O14S. The molecule has 0 aliphatic carbocycles. The highest BCUT2D eigenvalue weighted by Crippen LogP contribution is 2.28. The highest BCUT2D eigenvalue weighted by Gasteiger charge is 2.46. The fourth-order valence-electron chi connectivity index (χ4n) is 10.9. The summed E-state index contributed by atoms with van der Waals surface area (Å²) in [7, 11) is 0. The summed E-state index contributed by atoms with van der Waals surface area (Å²) in [4.78, 5) is 159. The molecule has 17 N–H and O–H groups in total. The summed E-state index contributed by atoms with van der Waals surface area (Å²) in [6.45, 7) is 8.90. The van der Waals surface area contributed by atoms with Crippen LogP contribution in [0.5, 0.6) is 0 Å². The first-order valence-electron chi connectivity index (χ1n) is 29.6. The van der Waals surface area contributed by atoms with E-state index in [9.17, 15) is 68.1 Å². The van der Waals surface area contributed by atoms with Crippen molar-refractivity contribution >= 4 is 83.6 Å². The third-order valence-electron chi connectivity index (χ3n) is 16.3. The Hall–Kier alpha value is -6.37. The summed E-state index contributed by atoms with van der Waals surface area (Å²) in [5.74, 6) is -9.89. The van der Waals surface area contributed by atoms with Crippen molar-refractivity contribution in [3.05, 3.63) is 0 Å². The Balaban J connectivity index is 1.45. The van der Waals surface area contributed by atoms with E-state index >= 15 is 0 Å². The third kappa shape index (κ3) is 19.6. The first-order valence-corrected chi connectivity index (χ1v) is 30.2. The number of rotatable bonds is 33. The maximum atomic E-state index is 14.5. The van der Waals surface area contributed by atoms with Gasteiger partial charge in [-0.05, 0) is 115 Å². The number of amides is 10. The zero-order chi connectivity index (χ0) is 62.4. The normalized spacial score (nSPS) is 22.1. The number of carboxylic acids is 1. The molecule has 14 atom stereocenters. The van der Waals surface area contributed by atoms with E-state index in [0.29, 0.717) is 70.9 Å². The molecule has 0 aromatic rings. The van der Waals surface area contributed by atoms with Crippen molar-refractivity contribution in [2.75, 3.05) is 51.6 Å². The number of carboxylic acid groups (broad SMARTS) is 1. The number of aliphatic hydroxyl groups is 2. The van der Waals surface area contributed by atoms with Crippen molar-refractivity contribution in [1.82, 2.24) is 57.2 Å². The average molecular weight is 1210 g/mol. The van der Waals surface area contributed by atoms with Crippen LogP contribution >= 0.6 is 12.6 Å². The Labute approximate surface area is 496 Å². The van der Waals surface area contributed by atoms with Gasteiger partial charge in [0, 0.05) is 31.9 Å². The van der Waals surface area contributed by atoms with Crippen LogP contribution in [0, 0.1) is 11.8 Å². The summed E-state index contributed by atoms with van der Waals surface area (Å²) in [5.41, 5.74) is 16.7. The zero-order valence-electron chi connectivity index (χ0n) is 49.1. The minimum Gasteiger partial charge on any atom is -0.480 e. The molecule has 4 rings (SSSR count). The predicted octanol–water partition coefficient (Wildman–Crippen LogP) is -4.23. The number of likely N-dealkylation sites (tertiary alicyclic amines) is 3.